The highest BCUT2D eigenvalue weighted by atomic mass is 32.1. The van der Waals surface area contributed by atoms with E-state index in [1.807, 2.05) is 30.5 Å². The van der Waals surface area contributed by atoms with E-state index in [0.717, 1.165) is 21.7 Å². The van der Waals surface area contributed by atoms with E-state index in [1.54, 1.807) is 0 Å². The molecule has 6 heteroatoms. The summed E-state index contributed by atoms with van der Waals surface area (Å²) in [6, 6.07) is 5.84. The first-order valence-corrected chi connectivity index (χ1v) is 5.94. The van der Waals surface area contributed by atoms with Gasteiger partial charge in [-0.05, 0) is 18.2 Å². The second-order valence-electron chi connectivity index (χ2n) is 3.60. The maximum Gasteiger partial charge on any atom is 0.192 e. The SMILES string of the molecule is Cc1nc2ccc(-c3nc(NN)cs3)cc2o1. The molecule has 3 aromatic rings. The van der Waals surface area contributed by atoms with E-state index in [0.29, 0.717) is 11.7 Å². The molecular formula is C11H10N4OS. The molecule has 0 aliphatic heterocycles. The number of nitrogen functional groups attached to an aromatic ring is 1. The van der Waals surface area contributed by atoms with E-state index in [9.17, 15) is 0 Å². The number of fused-ring (bicyclic) bond motifs is 1. The van der Waals surface area contributed by atoms with Gasteiger partial charge in [0.25, 0.3) is 0 Å². The Morgan fingerprint density at radius 2 is 2.24 bits per heavy atom. The predicted octanol–water partition coefficient (Wildman–Crippen LogP) is 2.55. The van der Waals surface area contributed by atoms with Crippen LogP contribution in [0, 0.1) is 6.92 Å². The lowest BCUT2D eigenvalue weighted by Gasteiger charge is -1.95. The largest absolute Gasteiger partial charge is 0.441 e. The number of anilines is 1. The Hall–Kier alpha value is -1.92. The standard InChI is InChI=1S/C11H10N4OS/c1-6-13-8-3-2-7(4-9(8)16-6)11-14-10(15-12)5-17-11/h2-5,15H,12H2,1H3. The van der Waals surface area contributed by atoms with Crippen LogP contribution in [0.15, 0.2) is 28.0 Å². The molecule has 0 saturated heterocycles. The summed E-state index contributed by atoms with van der Waals surface area (Å²) in [6.07, 6.45) is 0. The molecule has 0 bridgehead atoms. The molecule has 0 atom stereocenters. The molecule has 0 unspecified atom stereocenters. The van der Waals surface area contributed by atoms with Gasteiger partial charge in [-0.15, -0.1) is 11.3 Å². The smallest absolute Gasteiger partial charge is 0.192 e. The highest BCUT2D eigenvalue weighted by Gasteiger charge is 2.07. The summed E-state index contributed by atoms with van der Waals surface area (Å²) in [5.74, 6) is 6.63. The Labute approximate surface area is 101 Å². The van der Waals surface area contributed by atoms with Gasteiger partial charge >= 0.3 is 0 Å². The Bertz CT molecular complexity index is 673. The van der Waals surface area contributed by atoms with Gasteiger partial charge in [-0.3, -0.25) is 0 Å². The van der Waals surface area contributed by atoms with E-state index in [2.05, 4.69) is 15.4 Å². The molecule has 0 radical (unpaired) electrons. The first-order valence-electron chi connectivity index (χ1n) is 5.06. The van der Waals surface area contributed by atoms with Crippen molar-refractivity contribution in [2.45, 2.75) is 6.92 Å². The van der Waals surface area contributed by atoms with Crippen molar-refractivity contribution in [1.82, 2.24) is 9.97 Å². The van der Waals surface area contributed by atoms with Crippen LogP contribution in [0.5, 0.6) is 0 Å². The minimum atomic E-state index is 0.666. The molecule has 0 aliphatic carbocycles. The summed E-state index contributed by atoms with van der Waals surface area (Å²) in [5.41, 5.74) is 5.16. The van der Waals surface area contributed by atoms with Crippen LogP contribution in [0.3, 0.4) is 0 Å². The first kappa shape index (κ1) is 10.2. The number of oxazole rings is 1. The average molecular weight is 246 g/mol. The Balaban J connectivity index is 2.10. The predicted molar refractivity (Wildman–Crippen MR) is 67.7 cm³/mol. The average Bonchev–Trinajstić information content (AvgIpc) is 2.92. The lowest BCUT2D eigenvalue weighted by atomic mass is 10.2. The summed E-state index contributed by atoms with van der Waals surface area (Å²) < 4.78 is 5.49. The van der Waals surface area contributed by atoms with Crippen molar-refractivity contribution >= 4 is 28.3 Å². The van der Waals surface area contributed by atoms with Gasteiger partial charge in [-0.25, -0.2) is 15.8 Å². The van der Waals surface area contributed by atoms with Gasteiger partial charge in [-0.2, -0.15) is 0 Å². The fraction of sp³-hybridized carbons (Fsp3) is 0.0909. The topological polar surface area (TPSA) is 77.0 Å². The third kappa shape index (κ3) is 1.77. The fourth-order valence-corrected chi connectivity index (χ4v) is 2.40. The van der Waals surface area contributed by atoms with Crippen LogP contribution in [-0.4, -0.2) is 9.97 Å². The van der Waals surface area contributed by atoms with E-state index in [-0.39, 0.29) is 0 Å². The van der Waals surface area contributed by atoms with Crippen molar-refractivity contribution in [1.29, 1.82) is 0 Å². The van der Waals surface area contributed by atoms with Crippen LogP contribution in [-0.2, 0) is 0 Å². The van der Waals surface area contributed by atoms with Gasteiger partial charge in [-0.1, -0.05) is 0 Å². The summed E-state index contributed by atoms with van der Waals surface area (Å²) >= 11 is 1.53. The number of benzene rings is 1. The number of hydrogen-bond acceptors (Lipinski definition) is 6. The van der Waals surface area contributed by atoms with Crippen molar-refractivity contribution in [3.8, 4) is 10.6 Å². The third-order valence-corrected chi connectivity index (χ3v) is 3.29. The Morgan fingerprint density at radius 1 is 1.35 bits per heavy atom. The van der Waals surface area contributed by atoms with Gasteiger partial charge in [0.15, 0.2) is 17.3 Å². The van der Waals surface area contributed by atoms with E-state index in [1.165, 1.54) is 11.3 Å². The molecule has 5 nitrogen and oxygen atoms in total. The molecule has 2 heterocycles. The zero-order chi connectivity index (χ0) is 11.8. The van der Waals surface area contributed by atoms with Crippen molar-refractivity contribution < 1.29 is 4.42 Å². The van der Waals surface area contributed by atoms with Crippen molar-refractivity contribution in [2.24, 2.45) is 5.84 Å². The van der Waals surface area contributed by atoms with Crippen LogP contribution in [0.1, 0.15) is 5.89 Å². The summed E-state index contributed by atoms with van der Waals surface area (Å²) in [7, 11) is 0. The van der Waals surface area contributed by atoms with E-state index < -0.39 is 0 Å². The lowest BCUT2D eigenvalue weighted by molar-refractivity contribution is 0.561. The number of nitrogens with two attached hydrogens (primary N) is 1. The molecule has 0 fully saturated rings. The molecule has 86 valence electrons. The molecule has 1 aromatic carbocycles. The second-order valence-corrected chi connectivity index (χ2v) is 4.46. The van der Waals surface area contributed by atoms with Crippen LogP contribution in [0.2, 0.25) is 0 Å². The molecule has 0 spiro atoms. The first-order chi connectivity index (χ1) is 8.26. The van der Waals surface area contributed by atoms with Gasteiger partial charge < -0.3 is 9.84 Å². The number of rotatable bonds is 2. The number of nitrogens with one attached hydrogen (secondary N) is 1. The molecule has 2 aromatic heterocycles. The number of thiazole rings is 1. The van der Waals surface area contributed by atoms with Crippen LogP contribution >= 0.6 is 11.3 Å². The molecule has 0 saturated carbocycles. The lowest BCUT2D eigenvalue weighted by Crippen LogP contribution is -2.06. The van der Waals surface area contributed by atoms with Crippen LogP contribution < -0.4 is 11.3 Å². The van der Waals surface area contributed by atoms with Gasteiger partial charge in [0.2, 0.25) is 0 Å². The molecule has 3 rings (SSSR count). The maximum atomic E-state index is 5.49. The number of aryl methyl sites for hydroxylation is 1. The normalized spacial score (nSPS) is 10.9. The van der Waals surface area contributed by atoms with E-state index >= 15 is 0 Å². The quantitative estimate of drug-likeness (QED) is 0.536. The number of aromatic nitrogens is 2. The number of hydrogen-bond donors (Lipinski definition) is 2. The summed E-state index contributed by atoms with van der Waals surface area (Å²) in [5, 5.41) is 2.76. The van der Waals surface area contributed by atoms with Gasteiger partial charge in [0.05, 0.1) is 0 Å². The molecule has 0 amide bonds. The maximum absolute atomic E-state index is 5.49. The molecule has 3 N–H and O–H groups in total. The minimum Gasteiger partial charge on any atom is -0.441 e. The van der Waals surface area contributed by atoms with Crippen LogP contribution in [0.4, 0.5) is 5.82 Å². The van der Waals surface area contributed by atoms with Gasteiger partial charge in [0.1, 0.15) is 10.5 Å². The molecular weight excluding hydrogens is 236 g/mol. The van der Waals surface area contributed by atoms with Crippen LogP contribution in [0.25, 0.3) is 21.7 Å². The number of hydrazine groups is 1. The molecule has 17 heavy (non-hydrogen) atoms. The minimum absolute atomic E-state index is 0.666. The monoisotopic (exact) mass is 246 g/mol. The Morgan fingerprint density at radius 3 is 3.00 bits per heavy atom. The highest BCUT2D eigenvalue weighted by molar-refractivity contribution is 7.13. The van der Waals surface area contributed by atoms with Gasteiger partial charge in [0, 0.05) is 17.9 Å². The summed E-state index contributed by atoms with van der Waals surface area (Å²) in [4.78, 5) is 8.59. The zero-order valence-electron chi connectivity index (χ0n) is 9.10. The molecule has 0 aliphatic rings. The second kappa shape index (κ2) is 3.83. The fourth-order valence-electron chi connectivity index (χ4n) is 1.65. The Kier molecular flexibility index (Phi) is 2.31. The van der Waals surface area contributed by atoms with Crippen molar-refractivity contribution in [3.63, 3.8) is 0 Å². The summed E-state index contributed by atoms with van der Waals surface area (Å²) in [6.45, 7) is 1.83. The third-order valence-electron chi connectivity index (χ3n) is 2.39. The highest BCUT2D eigenvalue weighted by Crippen LogP contribution is 2.28. The van der Waals surface area contributed by atoms with Crippen molar-refractivity contribution in [3.05, 3.63) is 29.5 Å². The van der Waals surface area contributed by atoms with Crippen molar-refractivity contribution in [2.75, 3.05) is 5.43 Å². The van der Waals surface area contributed by atoms with E-state index in [4.69, 9.17) is 10.3 Å². The number of nitrogens with zero attached hydrogens (tertiary/aromatic N) is 2. The zero-order valence-corrected chi connectivity index (χ0v) is 9.91.